The van der Waals surface area contributed by atoms with Crippen molar-refractivity contribution in [1.82, 2.24) is 10.1 Å². The first-order valence-electron chi connectivity index (χ1n) is 8.10. The Kier molecular flexibility index (Phi) is 5.02. The lowest BCUT2D eigenvalue weighted by Gasteiger charge is -2.35. The molecule has 1 saturated carbocycles. The number of hydrogen-bond acceptors (Lipinski definition) is 5. The largest absolute Gasteiger partial charge is 0.381 e. The summed E-state index contributed by atoms with van der Waals surface area (Å²) in [7, 11) is 0. The van der Waals surface area contributed by atoms with Gasteiger partial charge in [-0.2, -0.15) is 4.98 Å². The Bertz CT molecular complexity index is 694. The first-order chi connectivity index (χ1) is 11.1. The first kappa shape index (κ1) is 17.9. The molecule has 2 fully saturated rings. The molecule has 0 bridgehead atoms. The first-order valence-corrected chi connectivity index (χ1v) is 8.89. The molecule has 1 aliphatic carbocycles. The molecule has 4 rings (SSSR count). The van der Waals surface area contributed by atoms with E-state index in [9.17, 15) is 0 Å². The van der Waals surface area contributed by atoms with Gasteiger partial charge in [-0.3, -0.25) is 0 Å². The molecule has 2 heterocycles. The van der Waals surface area contributed by atoms with Gasteiger partial charge in [0.1, 0.15) is 0 Å². The highest BCUT2D eigenvalue weighted by Gasteiger charge is 2.44. The fourth-order valence-electron chi connectivity index (χ4n) is 3.52. The highest BCUT2D eigenvalue weighted by atomic mass is 79.9. The van der Waals surface area contributed by atoms with E-state index in [4.69, 9.17) is 20.0 Å². The quantitative estimate of drug-likeness (QED) is 0.829. The van der Waals surface area contributed by atoms with Crippen LogP contribution < -0.4 is 5.73 Å². The van der Waals surface area contributed by atoms with Gasteiger partial charge in [-0.15, -0.1) is 12.4 Å². The van der Waals surface area contributed by atoms with Crippen molar-refractivity contribution in [2.75, 3.05) is 13.2 Å². The van der Waals surface area contributed by atoms with Crippen molar-refractivity contribution >= 4 is 28.3 Å². The molecule has 130 valence electrons. The van der Waals surface area contributed by atoms with Crippen LogP contribution in [0, 0.1) is 0 Å². The molecule has 1 saturated heterocycles. The number of aromatic nitrogens is 2. The maximum Gasteiger partial charge on any atom is 0.237 e. The SMILES string of the molecule is Cl.NC1(c2noc(C3(c4ccc(Br)cc4)CCOCC3)n2)CCC1. The fourth-order valence-corrected chi connectivity index (χ4v) is 3.78. The average Bonchev–Trinajstić information content (AvgIpc) is 3.05. The highest BCUT2D eigenvalue weighted by molar-refractivity contribution is 9.10. The topological polar surface area (TPSA) is 74.2 Å². The molecule has 2 aromatic rings. The lowest BCUT2D eigenvalue weighted by molar-refractivity contribution is 0.0523. The molecule has 2 N–H and O–H groups in total. The standard InChI is InChI=1S/C17H20BrN3O2.ClH/c18-13-4-2-12(3-5-13)16(8-10-22-11-9-16)15-20-14(21-23-15)17(19)6-1-7-17;/h2-5H,1,6-11,19H2;1H. The zero-order valence-corrected chi connectivity index (χ0v) is 15.7. The van der Waals surface area contributed by atoms with Crippen LogP contribution in [0.1, 0.15) is 49.4 Å². The van der Waals surface area contributed by atoms with Crippen molar-refractivity contribution in [3.05, 3.63) is 46.0 Å². The third-order valence-corrected chi connectivity index (χ3v) is 5.80. The normalized spacial score (nSPS) is 21.6. The van der Waals surface area contributed by atoms with Crippen molar-refractivity contribution < 1.29 is 9.26 Å². The summed E-state index contributed by atoms with van der Waals surface area (Å²) in [5.41, 5.74) is 6.88. The Labute approximate surface area is 155 Å². The molecule has 5 nitrogen and oxygen atoms in total. The van der Waals surface area contributed by atoms with Crippen molar-refractivity contribution in [2.45, 2.75) is 43.1 Å². The zero-order chi connectivity index (χ0) is 15.9. The molecule has 1 aromatic heterocycles. The summed E-state index contributed by atoms with van der Waals surface area (Å²) in [6.07, 6.45) is 4.68. The van der Waals surface area contributed by atoms with Crippen molar-refractivity contribution in [1.29, 1.82) is 0 Å². The van der Waals surface area contributed by atoms with Crippen LogP contribution in [0.25, 0.3) is 0 Å². The highest BCUT2D eigenvalue weighted by Crippen LogP contribution is 2.43. The summed E-state index contributed by atoms with van der Waals surface area (Å²) in [4.78, 5) is 4.73. The minimum Gasteiger partial charge on any atom is -0.381 e. The van der Waals surface area contributed by atoms with Gasteiger partial charge in [-0.25, -0.2) is 0 Å². The molecule has 0 unspecified atom stereocenters. The van der Waals surface area contributed by atoms with E-state index in [-0.39, 0.29) is 17.8 Å². The van der Waals surface area contributed by atoms with E-state index in [0.717, 1.165) is 36.6 Å². The second kappa shape index (κ2) is 6.75. The van der Waals surface area contributed by atoms with E-state index in [1.54, 1.807) is 0 Å². The van der Waals surface area contributed by atoms with E-state index in [1.165, 1.54) is 5.56 Å². The fraction of sp³-hybridized carbons (Fsp3) is 0.529. The van der Waals surface area contributed by atoms with Gasteiger partial charge in [0.15, 0.2) is 5.82 Å². The van der Waals surface area contributed by atoms with Gasteiger partial charge in [0.2, 0.25) is 5.89 Å². The third-order valence-electron chi connectivity index (χ3n) is 5.27. The van der Waals surface area contributed by atoms with Gasteiger partial charge < -0.3 is 15.0 Å². The van der Waals surface area contributed by atoms with Gasteiger partial charge in [0.25, 0.3) is 0 Å². The monoisotopic (exact) mass is 413 g/mol. The molecule has 0 spiro atoms. The van der Waals surface area contributed by atoms with Crippen molar-refractivity contribution in [3.8, 4) is 0 Å². The van der Waals surface area contributed by atoms with Gasteiger partial charge in [-0.1, -0.05) is 33.2 Å². The van der Waals surface area contributed by atoms with Crippen LogP contribution in [0.4, 0.5) is 0 Å². The molecule has 0 radical (unpaired) electrons. The minimum absolute atomic E-state index is 0. The predicted molar refractivity (Wildman–Crippen MR) is 96.2 cm³/mol. The van der Waals surface area contributed by atoms with Gasteiger partial charge in [0.05, 0.1) is 11.0 Å². The van der Waals surface area contributed by atoms with E-state index in [2.05, 4.69) is 45.4 Å². The molecule has 7 heteroatoms. The van der Waals surface area contributed by atoms with Gasteiger partial charge >= 0.3 is 0 Å². The number of ether oxygens (including phenoxy) is 1. The Hall–Kier alpha value is -0.950. The smallest absolute Gasteiger partial charge is 0.237 e. The number of nitrogens with zero attached hydrogens (tertiary/aromatic N) is 2. The summed E-state index contributed by atoms with van der Waals surface area (Å²) < 4.78 is 12.3. The lowest BCUT2D eigenvalue weighted by atomic mass is 9.73. The molecule has 1 aromatic carbocycles. The maximum atomic E-state index is 6.35. The van der Waals surface area contributed by atoms with Gasteiger partial charge in [-0.05, 0) is 49.8 Å². The van der Waals surface area contributed by atoms with Crippen LogP contribution >= 0.6 is 28.3 Å². The predicted octanol–water partition coefficient (Wildman–Crippen LogP) is 3.69. The third kappa shape index (κ3) is 2.90. The Balaban J connectivity index is 0.00000169. The minimum atomic E-state index is -0.395. The number of halogens is 2. The van der Waals surface area contributed by atoms with E-state index in [0.29, 0.717) is 24.9 Å². The van der Waals surface area contributed by atoms with E-state index in [1.807, 2.05) is 0 Å². The Morgan fingerprint density at radius 3 is 2.29 bits per heavy atom. The number of rotatable bonds is 3. The molecule has 0 amide bonds. The van der Waals surface area contributed by atoms with E-state index >= 15 is 0 Å². The van der Waals surface area contributed by atoms with Crippen LogP contribution in [-0.4, -0.2) is 23.4 Å². The molecule has 2 aliphatic rings. The molecule has 0 atom stereocenters. The Morgan fingerprint density at radius 2 is 1.71 bits per heavy atom. The molecule has 1 aliphatic heterocycles. The Morgan fingerprint density at radius 1 is 1.04 bits per heavy atom. The summed E-state index contributed by atoms with van der Waals surface area (Å²) in [6, 6.07) is 8.36. The summed E-state index contributed by atoms with van der Waals surface area (Å²) in [6.45, 7) is 1.39. The lowest BCUT2D eigenvalue weighted by Crippen LogP contribution is -2.44. The summed E-state index contributed by atoms with van der Waals surface area (Å²) in [5, 5.41) is 4.21. The van der Waals surface area contributed by atoms with Gasteiger partial charge in [0, 0.05) is 17.7 Å². The van der Waals surface area contributed by atoms with Crippen LogP contribution in [0.5, 0.6) is 0 Å². The van der Waals surface area contributed by atoms with E-state index < -0.39 is 5.54 Å². The number of nitrogens with two attached hydrogens (primary N) is 1. The van der Waals surface area contributed by atoms with Crippen molar-refractivity contribution in [2.24, 2.45) is 5.73 Å². The summed E-state index contributed by atoms with van der Waals surface area (Å²) in [5.74, 6) is 1.33. The summed E-state index contributed by atoms with van der Waals surface area (Å²) >= 11 is 3.50. The molecular weight excluding hydrogens is 394 g/mol. The zero-order valence-electron chi connectivity index (χ0n) is 13.3. The van der Waals surface area contributed by atoms with Crippen molar-refractivity contribution in [3.63, 3.8) is 0 Å². The molecular formula is C17H21BrClN3O2. The van der Waals surface area contributed by atoms with Crippen LogP contribution in [-0.2, 0) is 15.7 Å². The second-order valence-corrected chi connectivity index (χ2v) is 7.55. The maximum absolute atomic E-state index is 6.35. The van der Waals surface area contributed by atoms with Crippen LogP contribution in [0.3, 0.4) is 0 Å². The number of benzene rings is 1. The molecule has 24 heavy (non-hydrogen) atoms. The van der Waals surface area contributed by atoms with Crippen LogP contribution in [0.2, 0.25) is 0 Å². The number of hydrogen-bond donors (Lipinski definition) is 1. The average molecular weight is 415 g/mol. The van der Waals surface area contributed by atoms with Crippen LogP contribution in [0.15, 0.2) is 33.3 Å². The second-order valence-electron chi connectivity index (χ2n) is 6.63.